The molecule has 1 fully saturated rings. The molecule has 0 aliphatic carbocycles. The van der Waals surface area contributed by atoms with E-state index in [9.17, 15) is 4.79 Å². The SMILES string of the molecule is Nc1cc(N2CCC(CCO)C2)ccc1C(=O)O. The highest BCUT2D eigenvalue weighted by Crippen LogP contribution is 2.28. The van der Waals surface area contributed by atoms with E-state index in [-0.39, 0.29) is 12.2 Å². The molecule has 1 unspecified atom stereocenters. The first-order valence-electron chi connectivity index (χ1n) is 6.10. The largest absolute Gasteiger partial charge is 0.478 e. The summed E-state index contributed by atoms with van der Waals surface area (Å²) in [7, 11) is 0. The Kier molecular flexibility index (Phi) is 3.72. The molecule has 1 heterocycles. The van der Waals surface area contributed by atoms with Gasteiger partial charge in [0.25, 0.3) is 0 Å². The van der Waals surface area contributed by atoms with Crippen LogP contribution in [0.15, 0.2) is 18.2 Å². The standard InChI is InChI=1S/C13H18N2O3/c14-12-7-10(1-2-11(12)13(17)18)15-5-3-9(8-15)4-6-16/h1-2,7,9,16H,3-6,8,14H2,(H,17,18). The number of nitrogen functional groups attached to an aromatic ring is 1. The molecule has 0 aromatic heterocycles. The maximum Gasteiger partial charge on any atom is 0.337 e. The van der Waals surface area contributed by atoms with E-state index in [4.69, 9.17) is 15.9 Å². The first-order valence-corrected chi connectivity index (χ1v) is 6.10. The van der Waals surface area contributed by atoms with Crippen molar-refractivity contribution in [1.82, 2.24) is 0 Å². The number of nitrogens with two attached hydrogens (primary N) is 1. The van der Waals surface area contributed by atoms with Crippen molar-refractivity contribution in [3.05, 3.63) is 23.8 Å². The van der Waals surface area contributed by atoms with E-state index < -0.39 is 5.97 Å². The molecule has 1 saturated heterocycles. The Morgan fingerprint density at radius 3 is 2.89 bits per heavy atom. The van der Waals surface area contributed by atoms with Crippen LogP contribution in [0.3, 0.4) is 0 Å². The molecule has 18 heavy (non-hydrogen) atoms. The van der Waals surface area contributed by atoms with Gasteiger partial charge in [-0.1, -0.05) is 0 Å². The van der Waals surface area contributed by atoms with Crippen LogP contribution in [-0.2, 0) is 0 Å². The van der Waals surface area contributed by atoms with Crippen LogP contribution in [0.4, 0.5) is 11.4 Å². The molecule has 98 valence electrons. The number of aromatic carboxylic acids is 1. The van der Waals surface area contributed by atoms with Gasteiger partial charge in [-0.25, -0.2) is 4.79 Å². The van der Waals surface area contributed by atoms with Gasteiger partial charge in [-0.2, -0.15) is 0 Å². The lowest BCUT2D eigenvalue weighted by Gasteiger charge is -2.19. The fourth-order valence-corrected chi connectivity index (χ4v) is 2.43. The highest BCUT2D eigenvalue weighted by Gasteiger charge is 2.22. The summed E-state index contributed by atoms with van der Waals surface area (Å²) in [5, 5.41) is 17.8. The number of aliphatic hydroxyl groups is 1. The molecule has 5 nitrogen and oxygen atoms in total. The minimum Gasteiger partial charge on any atom is -0.478 e. The van der Waals surface area contributed by atoms with Gasteiger partial charge in [0.1, 0.15) is 0 Å². The zero-order chi connectivity index (χ0) is 13.1. The Bertz CT molecular complexity index is 448. The smallest absolute Gasteiger partial charge is 0.337 e. The average molecular weight is 250 g/mol. The quantitative estimate of drug-likeness (QED) is 0.698. The first-order chi connectivity index (χ1) is 8.61. The van der Waals surface area contributed by atoms with E-state index in [0.29, 0.717) is 11.6 Å². The van der Waals surface area contributed by atoms with Crippen LogP contribution in [0, 0.1) is 5.92 Å². The molecular formula is C13H18N2O3. The lowest BCUT2D eigenvalue weighted by molar-refractivity contribution is 0.0698. The molecule has 0 bridgehead atoms. The number of carbonyl (C=O) groups is 1. The summed E-state index contributed by atoms with van der Waals surface area (Å²) in [5.74, 6) is -0.492. The van der Waals surface area contributed by atoms with Crippen molar-refractivity contribution < 1.29 is 15.0 Å². The molecule has 0 spiro atoms. The van der Waals surface area contributed by atoms with E-state index >= 15 is 0 Å². The molecule has 1 aromatic rings. The minimum absolute atomic E-state index is 0.143. The fourth-order valence-electron chi connectivity index (χ4n) is 2.43. The number of benzene rings is 1. The van der Waals surface area contributed by atoms with E-state index in [1.807, 2.05) is 0 Å². The van der Waals surface area contributed by atoms with Crippen molar-refractivity contribution in [2.45, 2.75) is 12.8 Å². The molecular weight excluding hydrogens is 232 g/mol. The van der Waals surface area contributed by atoms with E-state index in [2.05, 4.69) is 4.90 Å². The predicted octanol–water partition coefficient (Wildman–Crippen LogP) is 1.18. The van der Waals surface area contributed by atoms with E-state index in [1.54, 1.807) is 18.2 Å². The van der Waals surface area contributed by atoms with Gasteiger partial charge in [0, 0.05) is 31.1 Å². The molecule has 1 aliphatic heterocycles. The van der Waals surface area contributed by atoms with Crippen molar-refractivity contribution in [2.75, 3.05) is 30.3 Å². The molecule has 0 amide bonds. The van der Waals surface area contributed by atoms with Crippen molar-refractivity contribution in [2.24, 2.45) is 5.92 Å². The summed E-state index contributed by atoms with van der Waals surface area (Å²) in [5.41, 5.74) is 7.13. The highest BCUT2D eigenvalue weighted by atomic mass is 16.4. The summed E-state index contributed by atoms with van der Waals surface area (Å²) < 4.78 is 0. The summed E-state index contributed by atoms with van der Waals surface area (Å²) in [6.45, 7) is 2.04. The fraction of sp³-hybridized carbons (Fsp3) is 0.462. The summed E-state index contributed by atoms with van der Waals surface area (Å²) >= 11 is 0. The lowest BCUT2D eigenvalue weighted by Crippen LogP contribution is -2.20. The Balaban J connectivity index is 2.11. The van der Waals surface area contributed by atoms with Gasteiger partial charge in [0.15, 0.2) is 0 Å². The van der Waals surface area contributed by atoms with Crippen molar-refractivity contribution >= 4 is 17.3 Å². The highest BCUT2D eigenvalue weighted by molar-refractivity contribution is 5.94. The van der Waals surface area contributed by atoms with Crippen molar-refractivity contribution in [1.29, 1.82) is 0 Å². The van der Waals surface area contributed by atoms with Gasteiger partial charge in [-0.15, -0.1) is 0 Å². The molecule has 4 N–H and O–H groups in total. The van der Waals surface area contributed by atoms with Crippen LogP contribution in [0.1, 0.15) is 23.2 Å². The van der Waals surface area contributed by atoms with Gasteiger partial charge in [-0.05, 0) is 37.0 Å². The number of rotatable bonds is 4. The third-order valence-corrected chi connectivity index (χ3v) is 3.45. The number of nitrogens with zero attached hydrogens (tertiary/aromatic N) is 1. The van der Waals surface area contributed by atoms with Gasteiger partial charge >= 0.3 is 5.97 Å². The summed E-state index contributed by atoms with van der Waals surface area (Å²) in [6.07, 6.45) is 1.88. The minimum atomic E-state index is -1.00. The second-order valence-corrected chi connectivity index (χ2v) is 4.69. The molecule has 1 atom stereocenters. The second kappa shape index (κ2) is 5.27. The van der Waals surface area contributed by atoms with Crippen LogP contribution < -0.4 is 10.6 Å². The third-order valence-electron chi connectivity index (χ3n) is 3.45. The van der Waals surface area contributed by atoms with Gasteiger partial charge in [0.2, 0.25) is 0 Å². The van der Waals surface area contributed by atoms with Crippen LogP contribution in [0.2, 0.25) is 0 Å². The molecule has 2 rings (SSSR count). The number of aliphatic hydroxyl groups excluding tert-OH is 1. The molecule has 0 radical (unpaired) electrons. The molecule has 1 aromatic carbocycles. The normalized spacial score (nSPS) is 19.2. The number of hydrogen-bond acceptors (Lipinski definition) is 4. The number of anilines is 2. The average Bonchev–Trinajstić information content (AvgIpc) is 2.77. The Labute approximate surface area is 106 Å². The number of carboxylic acid groups (broad SMARTS) is 1. The molecule has 1 aliphatic rings. The topological polar surface area (TPSA) is 86.8 Å². The van der Waals surface area contributed by atoms with Crippen molar-refractivity contribution in [3.8, 4) is 0 Å². The predicted molar refractivity (Wildman–Crippen MR) is 69.8 cm³/mol. The number of hydrogen-bond donors (Lipinski definition) is 3. The Morgan fingerprint density at radius 2 is 2.28 bits per heavy atom. The zero-order valence-electron chi connectivity index (χ0n) is 10.2. The van der Waals surface area contributed by atoms with Crippen LogP contribution in [0.25, 0.3) is 0 Å². The Morgan fingerprint density at radius 1 is 1.50 bits per heavy atom. The van der Waals surface area contributed by atoms with E-state index in [0.717, 1.165) is 31.6 Å². The van der Waals surface area contributed by atoms with Crippen LogP contribution in [0.5, 0.6) is 0 Å². The van der Waals surface area contributed by atoms with Gasteiger partial charge in [0.05, 0.1) is 5.56 Å². The van der Waals surface area contributed by atoms with Gasteiger partial charge < -0.3 is 20.8 Å². The summed E-state index contributed by atoms with van der Waals surface area (Å²) in [6, 6.07) is 5.05. The van der Waals surface area contributed by atoms with Crippen LogP contribution in [-0.4, -0.2) is 35.9 Å². The summed E-state index contributed by atoms with van der Waals surface area (Å²) in [4.78, 5) is 13.1. The molecule has 0 saturated carbocycles. The monoisotopic (exact) mass is 250 g/mol. The van der Waals surface area contributed by atoms with Crippen LogP contribution >= 0.6 is 0 Å². The second-order valence-electron chi connectivity index (χ2n) is 4.69. The first kappa shape index (κ1) is 12.7. The lowest BCUT2D eigenvalue weighted by atomic mass is 10.1. The zero-order valence-corrected chi connectivity index (χ0v) is 10.2. The van der Waals surface area contributed by atoms with Crippen molar-refractivity contribution in [3.63, 3.8) is 0 Å². The Hall–Kier alpha value is -1.75. The maximum absolute atomic E-state index is 10.9. The maximum atomic E-state index is 10.9. The molecule has 5 heteroatoms. The van der Waals surface area contributed by atoms with Gasteiger partial charge in [-0.3, -0.25) is 0 Å². The third kappa shape index (κ3) is 2.56. The number of carboxylic acids is 1. The van der Waals surface area contributed by atoms with E-state index in [1.165, 1.54) is 0 Å².